The van der Waals surface area contributed by atoms with Gasteiger partial charge in [0.05, 0.1) is 11.1 Å². The number of pyridine rings is 1. The van der Waals surface area contributed by atoms with E-state index in [9.17, 15) is 4.79 Å². The van der Waals surface area contributed by atoms with Crippen molar-refractivity contribution in [2.45, 2.75) is 39.2 Å². The van der Waals surface area contributed by atoms with Crippen LogP contribution in [-0.4, -0.2) is 24.2 Å². The fourth-order valence-corrected chi connectivity index (χ4v) is 2.78. The van der Waals surface area contributed by atoms with Gasteiger partial charge in [-0.25, -0.2) is 4.79 Å². The summed E-state index contributed by atoms with van der Waals surface area (Å²) in [4.78, 5) is 15.8. The number of nitrogens with one attached hydrogen (secondary N) is 2. The Labute approximate surface area is 163 Å². The molecule has 0 radical (unpaired) electrons. The Morgan fingerprint density at radius 2 is 2.04 bits per heavy atom. The minimum atomic E-state index is -0.190. The Hall–Kier alpha value is -2.08. The zero-order chi connectivity index (χ0) is 19.0. The first-order valence-corrected chi connectivity index (χ1v) is 9.49. The molecule has 0 saturated carbocycles. The van der Waals surface area contributed by atoms with Crippen LogP contribution in [0.25, 0.3) is 0 Å². The number of benzene rings is 1. The molecule has 0 unspecified atom stereocenters. The normalized spacial score (nSPS) is 11.1. The summed E-state index contributed by atoms with van der Waals surface area (Å²) in [6.07, 6.45) is 4.17. The van der Waals surface area contributed by atoms with Gasteiger partial charge in [-0.2, -0.15) is 0 Å². The number of aromatic nitrogens is 1. The van der Waals surface area contributed by atoms with Crippen molar-refractivity contribution in [3.8, 4) is 5.75 Å². The highest BCUT2D eigenvalue weighted by molar-refractivity contribution is 9.10. The summed E-state index contributed by atoms with van der Waals surface area (Å²) in [7, 11) is 0. The highest BCUT2D eigenvalue weighted by atomic mass is 79.9. The van der Waals surface area contributed by atoms with Crippen molar-refractivity contribution in [2.24, 2.45) is 0 Å². The Bertz CT molecular complexity index is 715. The average Bonchev–Trinajstić information content (AvgIpc) is 2.61. The van der Waals surface area contributed by atoms with Gasteiger partial charge in [0.2, 0.25) is 0 Å². The molecule has 0 aliphatic carbocycles. The summed E-state index contributed by atoms with van der Waals surface area (Å²) in [5, 5.41) is 5.62. The molecule has 5 nitrogen and oxygen atoms in total. The van der Waals surface area contributed by atoms with Crippen molar-refractivity contribution >= 4 is 22.0 Å². The molecule has 0 spiro atoms. The van der Waals surface area contributed by atoms with Gasteiger partial charge >= 0.3 is 6.03 Å². The van der Waals surface area contributed by atoms with E-state index < -0.39 is 0 Å². The van der Waals surface area contributed by atoms with Crippen molar-refractivity contribution in [3.63, 3.8) is 0 Å². The molecule has 2 N–H and O–H groups in total. The standard InChI is InChI=1S/C20H26BrN3O2/c1-20(2,3)16-7-8-18(17(21)12-16)26-11-5-10-23-19(25)24-14-15-6-4-9-22-13-15/h4,6-9,12-13H,5,10-11,14H2,1-3H3,(H2,23,24,25). The van der Waals surface area contributed by atoms with E-state index in [0.29, 0.717) is 19.7 Å². The third-order valence-electron chi connectivity index (χ3n) is 3.84. The monoisotopic (exact) mass is 419 g/mol. The van der Waals surface area contributed by atoms with E-state index in [-0.39, 0.29) is 11.4 Å². The van der Waals surface area contributed by atoms with Crippen LogP contribution in [0.1, 0.15) is 38.3 Å². The molecule has 6 heteroatoms. The molecule has 26 heavy (non-hydrogen) atoms. The fourth-order valence-electron chi connectivity index (χ4n) is 2.29. The summed E-state index contributed by atoms with van der Waals surface area (Å²) in [5.74, 6) is 0.819. The molecular formula is C20H26BrN3O2. The summed E-state index contributed by atoms with van der Waals surface area (Å²) < 4.78 is 6.74. The van der Waals surface area contributed by atoms with Crippen LogP contribution in [-0.2, 0) is 12.0 Å². The first-order chi connectivity index (χ1) is 12.4. The van der Waals surface area contributed by atoms with Crippen LogP contribution in [0, 0.1) is 0 Å². The van der Waals surface area contributed by atoms with Crippen molar-refractivity contribution in [1.82, 2.24) is 15.6 Å². The fraction of sp³-hybridized carbons (Fsp3) is 0.400. The van der Waals surface area contributed by atoms with Gasteiger partial charge in [-0.15, -0.1) is 0 Å². The van der Waals surface area contributed by atoms with Crippen molar-refractivity contribution < 1.29 is 9.53 Å². The van der Waals surface area contributed by atoms with E-state index in [4.69, 9.17) is 4.74 Å². The van der Waals surface area contributed by atoms with Crippen molar-refractivity contribution in [1.29, 1.82) is 0 Å². The lowest BCUT2D eigenvalue weighted by atomic mass is 9.87. The number of halogens is 1. The highest BCUT2D eigenvalue weighted by Crippen LogP contribution is 2.31. The first-order valence-electron chi connectivity index (χ1n) is 8.70. The largest absolute Gasteiger partial charge is 0.492 e. The third-order valence-corrected chi connectivity index (χ3v) is 4.46. The van der Waals surface area contributed by atoms with E-state index in [2.05, 4.69) is 64.5 Å². The maximum absolute atomic E-state index is 11.7. The molecule has 0 atom stereocenters. The molecule has 0 aliphatic rings. The number of hydrogen-bond acceptors (Lipinski definition) is 3. The lowest BCUT2D eigenvalue weighted by Gasteiger charge is -2.20. The van der Waals surface area contributed by atoms with Crippen LogP contribution >= 0.6 is 15.9 Å². The molecule has 2 amide bonds. The number of rotatable bonds is 7. The second kappa shape index (κ2) is 9.57. The van der Waals surface area contributed by atoms with Gasteiger partial charge in [-0.3, -0.25) is 4.98 Å². The second-order valence-electron chi connectivity index (χ2n) is 7.07. The zero-order valence-corrected chi connectivity index (χ0v) is 17.1. The van der Waals surface area contributed by atoms with Gasteiger partial charge in [0, 0.05) is 25.5 Å². The van der Waals surface area contributed by atoms with Gasteiger partial charge in [-0.1, -0.05) is 32.9 Å². The Kier molecular flexibility index (Phi) is 7.45. The number of carbonyl (C=O) groups is 1. The van der Waals surface area contributed by atoms with Crippen LogP contribution < -0.4 is 15.4 Å². The molecule has 2 aromatic rings. The molecule has 0 aliphatic heterocycles. The summed E-state index contributed by atoms with van der Waals surface area (Å²) in [6.45, 7) is 8.09. The number of carbonyl (C=O) groups excluding carboxylic acids is 1. The van der Waals surface area contributed by atoms with E-state index >= 15 is 0 Å². The molecule has 1 aromatic heterocycles. The minimum absolute atomic E-state index is 0.105. The SMILES string of the molecule is CC(C)(C)c1ccc(OCCCNC(=O)NCc2cccnc2)c(Br)c1. The average molecular weight is 420 g/mol. The Morgan fingerprint density at radius 3 is 2.69 bits per heavy atom. The lowest BCUT2D eigenvalue weighted by molar-refractivity contribution is 0.238. The lowest BCUT2D eigenvalue weighted by Crippen LogP contribution is -2.36. The van der Waals surface area contributed by atoms with Crippen molar-refractivity contribution in [2.75, 3.05) is 13.2 Å². The number of ether oxygens (including phenoxy) is 1. The maximum atomic E-state index is 11.7. The minimum Gasteiger partial charge on any atom is -0.492 e. The van der Waals surface area contributed by atoms with E-state index in [1.54, 1.807) is 12.4 Å². The first kappa shape index (κ1) is 20.2. The van der Waals surface area contributed by atoms with Gasteiger partial charge in [0.1, 0.15) is 5.75 Å². The summed E-state index contributed by atoms with van der Waals surface area (Å²) in [5.41, 5.74) is 2.33. The van der Waals surface area contributed by atoms with E-state index in [1.807, 2.05) is 18.2 Å². The van der Waals surface area contributed by atoms with Gasteiger partial charge < -0.3 is 15.4 Å². The van der Waals surface area contributed by atoms with Crippen LogP contribution in [0.5, 0.6) is 5.75 Å². The molecule has 1 aromatic carbocycles. The summed E-state index contributed by atoms with van der Waals surface area (Å²) in [6, 6.07) is 9.75. The molecule has 0 fully saturated rings. The van der Waals surface area contributed by atoms with Gasteiger partial charge in [0.25, 0.3) is 0 Å². The molecule has 140 valence electrons. The molecular weight excluding hydrogens is 394 g/mol. The van der Waals surface area contributed by atoms with Crippen LogP contribution in [0.2, 0.25) is 0 Å². The zero-order valence-electron chi connectivity index (χ0n) is 15.5. The summed E-state index contributed by atoms with van der Waals surface area (Å²) >= 11 is 3.56. The van der Waals surface area contributed by atoms with Crippen LogP contribution in [0.4, 0.5) is 4.79 Å². The number of amides is 2. The quantitative estimate of drug-likeness (QED) is 0.653. The van der Waals surface area contributed by atoms with Crippen LogP contribution in [0.15, 0.2) is 47.2 Å². The van der Waals surface area contributed by atoms with E-state index in [0.717, 1.165) is 22.2 Å². The maximum Gasteiger partial charge on any atom is 0.315 e. The smallest absolute Gasteiger partial charge is 0.315 e. The second-order valence-corrected chi connectivity index (χ2v) is 7.92. The predicted molar refractivity (Wildman–Crippen MR) is 107 cm³/mol. The van der Waals surface area contributed by atoms with Crippen LogP contribution in [0.3, 0.4) is 0 Å². The third kappa shape index (κ3) is 6.67. The number of urea groups is 1. The highest BCUT2D eigenvalue weighted by Gasteiger charge is 2.15. The predicted octanol–water partition coefficient (Wildman–Crippen LogP) is 4.41. The van der Waals surface area contributed by atoms with Crippen molar-refractivity contribution in [3.05, 3.63) is 58.3 Å². The topological polar surface area (TPSA) is 63.2 Å². The number of hydrogen-bond donors (Lipinski definition) is 2. The van der Waals surface area contributed by atoms with Gasteiger partial charge in [0.15, 0.2) is 0 Å². The Balaban J connectivity index is 1.65. The number of nitrogens with zero attached hydrogens (tertiary/aromatic N) is 1. The van der Waals surface area contributed by atoms with Gasteiger partial charge in [-0.05, 0) is 57.1 Å². The molecule has 2 rings (SSSR count). The molecule has 0 bridgehead atoms. The Morgan fingerprint density at radius 1 is 1.23 bits per heavy atom. The molecule has 1 heterocycles. The van der Waals surface area contributed by atoms with E-state index in [1.165, 1.54) is 5.56 Å². The molecule has 0 saturated heterocycles.